The molecule has 0 amide bonds. The highest BCUT2D eigenvalue weighted by Crippen LogP contribution is 2.55. The van der Waals surface area contributed by atoms with Crippen LogP contribution in [0.5, 0.6) is 0 Å². The average molecular weight is 750 g/mol. The van der Waals surface area contributed by atoms with Gasteiger partial charge >= 0.3 is 0 Å². The second kappa shape index (κ2) is 13.0. The van der Waals surface area contributed by atoms with E-state index in [-0.39, 0.29) is 12.0 Å². The highest BCUT2D eigenvalue weighted by molar-refractivity contribution is 8.03. The Kier molecular flexibility index (Phi) is 7.49. The molecule has 4 heterocycles. The standard InChI is InChI=1S/C53H39N3S/c1-2-11-34(12-3-1)38-27-39(37-13-10-26-54-33-37)29-41(28-38)56-49-18-8-5-15-43(49)46-31-36(21-24-51(46)56)35-20-23-50-45(30-35)42-14-4-7-17-48(42)55(50)40-22-25-53-47(32-40)44-16-6-9-19-52(44)57-53/h1-31,45,47,50,54H,32-33H2. The van der Waals surface area contributed by atoms with Crippen LogP contribution in [0.4, 0.5) is 5.69 Å². The van der Waals surface area contributed by atoms with Crippen molar-refractivity contribution in [2.45, 2.75) is 29.2 Å². The molecular formula is C53H39N3S. The average Bonchev–Trinajstić information content (AvgIpc) is 3.94. The van der Waals surface area contributed by atoms with Gasteiger partial charge in [0.25, 0.3) is 0 Å². The van der Waals surface area contributed by atoms with E-state index in [1.165, 1.54) is 93.2 Å². The van der Waals surface area contributed by atoms with Crippen molar-refractivity contribution in [2.75, 3.05) is 11.4 Å². The molecule has 12 rings (SSSR count). The molecule has 7 aromatic rings. The third-order valence-corrected chi connectivity index (χ3v) is 13.8. The third-order valence-electron chi connectivity index (χ3n) is 12.5. The highest BCUT2D eigenvalue weighted by Gasteiger charge is 2.41. The van der Waals surface area contributed by atoms with Crippen molar-refractivity contribution < 1.29 is 0 Å². The minimum absolute atomic E-state index is 0.248. The number of benzene rings is 6. The number of allylic oxidation sites excluding steroid dienone is 8. The molecule has 0 radical (unpaired) electrons. The van der Waals surface area contributed by atoms with E-state index in [4.69, 9.17) is 0 Å². The summed E-state index contributed by atoms with van der Waals surface area (Å²) < 4.78 is 2.46. The van der Waals surface area contributed by atoms with Gasteiger partial charge < -0.3 is 14.8 Å². The molecule has 5 aliphatic rings. The Bertz CT molecular complexity index is 2990. The van der Waals surface area contributed by atoms with E-state index in [1.54, 1.807) is 0 Å². The van der Waals surface area contributed by atoms with Crippen LogP contribution >= 0.6 is 11.8 Å². The van der Waals surface area contributed by atoms with Gasteiger partial charge in [-0.1, -0.05) is 127 Å². The first-order chi connectivity index (χ1) is 28.2. The second-order valence-corrected chi connectivity index (χ2v) is 16.8. The Morgan fingerprint density at radius 1 is 0.632 bits per heavy atom. The maximum atomic E-state index is 3.42. The minimum atomic E-state index is 0.248. The molecule has 0 fully saturated rings. The number of hydrogen-bond acceptors (Lipinski definition) is 3. The maximum absolute atomic E-state index is 3.42. The Morgan fingerprint density at radius 3 is 2.35 bits per heavy atom. The lowest BCUT2D eigenvalue weighted by molar-refractivity contribution is 0.680. The van der Waals surface area contributed by atoms with Crippen molar-refractivity contribution in [3.05, 3.63) is 221 Å². The molecule has 0 saturated heterocycles. The normalized spacial score (nSPS) is 20.3. The lowest BCUT2D eigenvalue weighted by atomic mass is 9.85. The van der Waals surface area contributed by atoms with Crippen LogP contribution in [0, 0.1) is 0 Å². The van der Waals surface area contributed by atoms with Gasteiger partial charge in [-0.05, 0) is 129 Å². The number of hydrogen-bond donors (Lipinski definition) is 1. The number of aromatic nitrogens is 1. The van der Waals surface area contributed by atoms with E-state index in [2.05, 4.69) is 197 Å². The fourth-order valence-corrected chi connectivity index (χ4v) is 11.1. The van der Waals surface area contributed by atoms with E-state index < -0.39 is 0 Å². The lowest BCUT2D eigenvalue weighted by Crippen LogP contribution is -2.33. The van der Waals surface area contributed by atoms with E-state index in [0.29, 0.717) is 5.92 Å². The van der Waals surface area contributed by atoms with Crippen LogP contribution < -0.4 is 10.2 Å². The van der Waals surface area contributed by atoms with Gasteiger partial charge in [0.1, 0.15) is 0 Å². The van der Waals surface area contributed by atoms with Crippen LogP contribution in [0.15, 0.2) is 204 Å². The molecule has 57 heavy (non-hydrogen) atoms. The van der Waals surface area contributed by atoms with Gasteiger partial charge in [0.15, 0.2) is 0 Å². The predicted octanol–water partition coefficient (Wildman–Crippen LogP) is 12.9. The number of nitrogens with one attached hydrogen (secondary N) is 1. The quantitative estimate of drug-likeness (QED) is 0.189. The summed E-state index contributed by atoms with van der Waals surface area (Å²) in [5.41, 5.74) is 16.7. The summed E-state index contributed by atoms with van der Waals surface area (Å²) in [5, 5.41) is 5.95. The van der Waals surface area contributed by atoms with E-state index in [0.717, 1.165) is 13.0 Å². The molecular weight excluding hydrogens is 711 g/mol. The van der Waals surface area contributed by atoms with Gasteiger partial charge in [-0.2, -0.15) is 0 Å². The van der Waals surface area contributed by atoms with Crippen LogP contribution in [0.1, 0.15) is 40.5 Å². The second-order valence-electron chi connectivity index (χ2n) is 15.7. The van der Waals surface area contributed by atoms with Gasteiger partial charge in [-0.25, -0.2) is 0 Å². The Labute approximate surface area is 337 Å². The van der Waals surface area contributed by atoms with Crippen molar-refractivity contribution in [2.24, 2.45) is 0 Å². The summed E-state index contributed by atoms with van der Waals surface area (Å²) in [7, 11) is 0. The van der Waals surface area contributed by atoms with Crippen molar-refractivity contribution in [1.82, 2.24) is 9.88 Å². The molecule has 2 aliphatic carbocycles. The van der Waals surface area contributed by atoms with Crippen molar-refractivity contribution in [1.29, 1.82) is 0 Å². The monoisotopic (exact) mass is 749 g/mol. The van der Waals surface area contributed by atoms with E-state index in [9.17, 15) is 0 Å². The molecule has 3 unspecified atom stereocenters. The van der Waals surface area contributed by atoms with Gasteiger partial charge in [-0.15, -0.1) is 0 Å². The molecule has 3 aliphatic heterocycles. The first-order valence-corrected chi connectivity index (χ1v) is 20.9. The third kappa shape index (κ3) is 5.28. The lowest BCUT2D eigenvalue weighted by Gasteiger charge is -2.34. The summed E-state index contributed by atoms with van der Waals surface area (Å²) in [5.74, 6) is 0.711. The summed E-state index contributed by atoms with van der Waals surface area (Å²) in [6.07, 6.45) is 19.5. The Balaban J connectivity index is 0.939. The van der Waals surface area contributed by atoms with Crippen molar-refractivity contribution in [3.8, 4) is 16.8 Å². The van der Waals surface area contributed by atoms with Gasteiger partial charge in [-0.3, -0.25) is 0 Å². The Morgan fingerprint density at radius 2 is 1.44 bits per heavy atom. The molecule has 3 atom stereocenters. The van der Waals surface area contributed by atoms with Crippen LogP contribution in [0.3, 0.4) is 0 Å². The smallest absolute Gasteiger partial charge is 0.0626 e. The summed E-state index contributed by atoms with van der Waals surface area (Å²) in [6.45, 7) is 0.807. The fraction of sp³-hybridized carbons (Fsp3) is 0.0943. The predicted molar refractivity (Wildman–Crippen MR) is 240 cm³/mol. The van der Waals surface area contributed by atoms with Crippen LogP contribution in [0.25, 0.3) is 49.8 Å². The zero-order valence-corrected chi connectivity index (χ0v) is 32.2. The minimum Gasteiger partial charge on any atom is -0.387 e. The van der Waals surface area contributed by atoms with Gasteiger partial charge in [0.2, 0.25) is 0 Å². The highest BCUT2D eigenvalue weighted by atomic mass is 32.2. The molecule has 1 N–H and O–H groups in total. The van der Waals surface area contributed by atoms with Gasteiger partial charge in [0, 0.05) is 51.1 Å². The number of nitrogens with zero attached hydrogens (tertiary/aromatic N) is 2. The molecule has 0 bridgehead atoms. The summed E-state index contributed by atoms with van der Waals surface area (Å²) in [6, 6.07) is 52.1. The molecule has 272 valence electrons. The Hall–Kier alpha value is -6.49. The summed E-state index contributed by atoms with van der Waals surface area (Å²) in [4.78, 5) is 5.52. The summed E-state index contributed by atoms with van der Waals surface area (Å²) >= 11 is 1.94. The number of dihydropyridines is 1. The van der Waals surface area contributed by atoms with Crippen molar-refractivity contribution >= 4 is 50.4 Å². The first kappa shape index (κ1) is 32.7. The first-order valence-electron chi connectivity index (χ1n) is 20.0. The molecule has 6 aromatic carbocycles. The SMILES string of the molecule is C1=CNCC(c2cc(-c3ccccc3)cc(-n3c4ccccc4c4cc(C5=CC6c7ccccc7N(C7=CC=C8Sc9ccccc9C8C7)C6C=C5)ccc43)c2)=C1. The number of para-hydroxylation sites is 2. The molecule has 3 nitrogen and oxygen atoms in total. The fourth-order valence-electron chi connectivity index (χ4n) is 9.90. The zero-order chi connectivity index (χ0) is 37.5. The number of fused-ring (bicyclic) bond motifs is 9. The number of rotatable bonds is 5. The van der Waals surface area contributed by atoms with Crippen molar-refractivity contribution in [3.63, 3.8) is 0 Å². The topological polar surface area (TPSA) is 20.2 Å². The molecule has 1 aromatic heterocycles. The van der Waals surface area contributed by atoms with E-state index >= 15 is 0 Å². The van der Waals surface area contributed by atoms with Gasteiger partial charge in [0.05, 0.1) is 17.1 Å². The number of thioether (sulfide) groups is 1. The van der Waals surface area contributed by atoms with E-state index in [1.807, 2.05) is 18.0 Å². The zero-order valence-electron chi connectivity index (χ0n) is 31.3. The van der Waals surface area contributed by atoms with Crippen LogP contribution in [0.2, 0.25) is 0 Å². The van der Waals surface area contributed by atoms with Crippen LogP contribution in [-0.4, -0.2) is 17.2 Å². The molecule has 4 heteroatoms. The maximum Gasteiger partial charge on any atom is 0.0626 e. The number of anilines is 1. The molecule has 0 saturated carbocycles. The largest absolute Gasteiger partial charge is 0.387 e. The van der Waals surface area contributed by atoms with Crippen LogP contribution in [-0.2, 0) is 0 Å². The molecule has 0 spiro atoms.